The second-order valence-electron chi connectivity index (χ2n) is 5.68. The van der Waals surface area contributed by atoms with Crippen LogP contribution in [0.5, 0.6) is 0 Å². The molecular weight excluding hydrogens is 272 g/mol. The van der Waals surface area contributed by atoms with Gasteiger partial charge in [-0.1, -0.05) is 32.0 Å². The Balaban J connectivity index is 2.35. The lowest BCUT2D eigenvalue weighted by Gasteiger charge is -2.32. The van der Waals surface area contributed by atoms with Gasteiger partial charge in [-0.2, -0.15) is 4.31 Å². The number of likely N-dealkylation sites (N-methyl/N-ethyl adjacent to an activating group) is 1. The van der Waals surface area contributed by atoms with E-state index in [2.05, 4.69) is 5.32 Å². The predicted molar refractivity (Wildman–Crippen MR) is 81.4 cm³/mol. The first kappa shape index (κ1) is 15.5. The van der Waals surface area contributed by atoms with Gasteiger partial charge in [-0.25, -0.2) is 8.42 Å². The summed E-state index contributed by atoms with van der Waals surface area (Å²) in [6, 6.07) is 7.61. The molecule has 5 heteroatoms. The topological polar surface area (TPSA) is 49.4 Å². The zero-order valence-corrected chi connectivity index (χ0v) is 13.3. The van der Waals surface area contributed by atoms with Crippen molar-refractivity contribution >= 4 is 10.0 Å². The number of piperidine rings is 1. The minimum Gasteiger partial charge on any atom is -0.316 e. The number of rotatable bonds is 4. The maximum atomic E-state index is 12.9. The lowest BCUT2D eigenvalue weighted by atomic mass is 10.0. The molecular formula is C15H24N2O2S. The minimum atomic E-state index is -3.39. The molecule has 1 N–H and O–H groups in total. The van der Waals surface area contributed by atoms with E-state index >= 15 is 0 Å². The van der Waals surface area contributed by atoms with Gasteiger partial charge in [0.25, 0.3) is 0 Å². The normalized spacial score (nSPS) is 21.3. The number of sulfonamides is 1. The van der Waals surface area contributed by atoms with Gasteiger partial charge in [-0.05, 0) is 37.4 Å². The molecule has 4 nitrogen and oxygen atoms in total. The number of nitrogens with zero attached hydrogens (tertiary/aromatic N) is 1. The third-order valence-corrected chi connectivity index (χ3v) is 5.89. The Kier molecular flexibility index (Phi) is 4.83. The molecule has 1 fully saturated rings. The van der Waals surface area contributed by atoms with Crippen molar-refractivity contribution < 1.29 is 8.42 Å². The van der Waals surface area contributed by atoms with Crippen molar-refractivity contribution in [2.45, 2.75) is 43.5 Å². The van der Waals surface area contributed by atoms with E-state index in [0.717, 1.165) is 18.4 Å². The van der Waals surface area contributed by atoms with E-state index in [1.165, 1.54) is 0 Å². The van der Waals surface area contributed by atoms with Crippen LogP contribution in [-0.2, 0) is 10.0 Å². The number of nitrogens with one attached hydrogen (secondary N) is 1. The molecule has 2 rings (SSSR count). The molecule has 0 saturated carbocycles. The molecule has 0 radical (unpaired) electrons. The van der Waals surface area contributed by atoms with Gasteiger partial charge in [-0.3, -0.25) is 0 Å². The van der Waals surface area contributed by atoms with Crippen LogP contribution in [0.1, 0.15) is 38.2 Å². The van der Waals surface area contributed by atoms with Crippen molar-refractivity contribution in [3.05, 3.63) is 29.8 Å². The fraction of sp³-hybridized carbons (Fsp3) is 0.600. The van der Waals surface area contributed by atoms with Gasteiger partial charge < -0.3 is 5.32 Å². The summed E-state index contributed by atoms with van der Waals surface area (Å²) in [7, 11) is -1.50. The predicted octanol–water partition coefficient (Wildman–Crippen LogP) is 2.18. The first-order valence-electron chi connectivity index (χ1n) is 7.23. The summed E-state index contributed by atoms with van der Waals surface area (Å²) < 4.78 is 27.4. The van der Waals surface area contributed by atoms with E-state index in [9.17, 15) is 8.42 Å². The Morgan fingerprint density at radius 2 is 2.00 bits per heavy atom. The Morgan fingerprint density at radius 1 is 1.30 bits per heavy atom. The first-order chi connectivity index (χ1) is 9.46. The van der Waals surface area contributed by atoms with Gasteiger partial charge in [0.1, 0.15) is 0 Å². The fourth-order valence-corrected chi connectivity index (χ4v) is 4.60. The molecule has 112 valence electrons. The molecule has 0 bridgehead atoms. The minimum absolute atomic E-state index is 0.200. The quantitative estimate of drug-likeness (QED) is 0.926. The smallest absolute Gasteiger partial charge is 0.243 e. The average molecular weight is 296 g/mol. The second kappa shape index (κ2) is 6.24. The summed E-state index contributed by atoms with van der Waals surface area (Å²) >= 11 is 0. The van der Waals surface area contributed by atoms with E-state index in [-0.39, 0.29) is 12.0 Å². The highest BCUT2D eigenvalue weighted by atomic mass is 32.2. The van der Waals surface area contributed by atoms with Gasteiger partial charge in [-0.15, -0.1) is 0 Å². The highest BCUT2D eigenvalue weighted by Crippen LogP contribution is 2.27. The molecule has 1 aliphatic heterocycles. The lowest BCUT2D eigenvalue weighted by molar-refractivity contribution is 0.292. The van der Waals surface area contributed by atoms with Gasteiger partial charge >= 0.3 is 0 Å². The molecule has 0 spiro atoms. The summed E-state index contributed by atoms with van der Waals surface area (Å²) in [6.45, 7) is 5.24. The Bertz CT molecular complexity index is 555. The summed E-state index contributed by atoms with van der Waals surface area (Å²) in [4.78, 5) is 0.465. The molecule has 1 aromatic carbocycles. The maximum absolute atomic E-state index is 12.9. The SMILES string of the molecule is CNC1CCCN(S(=O)(=O)c2ccccc2C(C)C)C1. The fourth-order valence-electron chi connectivity index (χ4n) is 2.73. The molecule has 1 saturated heterocycles. The molecule has 0 aliphatic carbocycles. The summed E-state index contributed by atoms with van der Waals surface area (Å²) in [5.41, 5.74) is 0.902. The molecule has 1 aliphatic rings. The van der Waals surface area contributed by atoms with Crippen molar-refractivity contribution in [3.63, 3.8) is 0 Å². The lowest BCUT2D eigenvalue weighted by Crippen LogP contribution is -2.47. The van der Waals surface area contributed by atoms with Crippen LogP contribution in [0.3, 0.4) is 0 Å². The van der Waals surface area contributed by atoms with E-state index in [0.29, 0.717) is 18.0 Å². The van der Waals surface area contributed by atoms with Crippen LogP contribution in [-0.4, -0.2) is 38.9 Å². The van der Waals surface area contributed by atoms with E-state index in [1.54, 1.807) is 16.4 Å². The Labute approximate surface area is 122 Å². The summed E-state index contributed by atoms with van der Waals surface area (Å²) in [5, 5.41) is 3.19. The van der Waals surface area contributed by atoms with Crippen molar-refractivity contribution in [1.29, 1.82) is 0 Å². The standard InChI is InChI=1S/C15H24N2O2S/c1-12(2)14-8-4-5-9-15(14)20(18,19)17-10-6-7-13(11-17)16-3/h4-5,8-9,12-13,16H,6-7,10-11H2,1-3H3. The average Bonchev–Trinajstić information content (AvgIpc) is 2.47. The number of benzene rings is 1. The van der Waals surface area contributed by atoms with Crippen LogP contribution < -0.4 is 5.32 Å². The third kappa shape index (κ3) is 3.05. The highest BCUT2D eigenvalue weighted by molar-refractivity contribution is 7.89. The van der Waals surface area contributed by atoms with Crippen LogP contribution in [0.2, 0.25) is 0 Å². The van der Waals surface area contributed by atoms with Crippen LogP contribution in [0.4, 0.5) is 0 Å². The molecule has 1 unspecified atom stereocenters. The molecule has 0 amide bonds. The molecule has 1 atom stereocenters. The zero-order chi connectivity index (χ0) is 14.8. The van der Waals surface area contributed by atoms with Crippen LogP contribution in [0.15, 0.2) is 29.2 Å². The van der Waals surface area contributed by atoms with E-state index in [4.69, 9.17) is 0 Å². The van der Waals surface area contributed by atoms with Crippen molar-refractivity contribution in [1.82, 2.24) is 9.62 Å². The highest BCUT2D eigenvalue weighted by Gasteiger charge is 2.31. The maximum Gasteiger partial charge on any atom is 0.243 e. The summed E-state index contributed by atoms with van der Waals surface area (Å²) in [5.74, 6) is 0.200. The summed E-state index contributed by atoms with van der Waals surface area (Å²) in [6.07, 6.45) is 1.95. The van der Waals surface area contributed by atoms with E-state index < -0.39 is 10.0 Å². The van der Waals surface area contributed by atoms with Crippen LogP contribution >= 0.6 is 0 Å². The Morgan fingerprint density at radius 3 is 2.65 bits per heavy atom. The Hall–Kier alpha value is -0.910. The molecule has 1 heterocycles. The second-order valence-corrected chi connectivity index (χ2v) is 7.59. The number of hydrogen-bond donors (Lipinski definition) is 1. The van der Waals surface area contributed by atoms with Gasteiger partial charge in [0.15, 0.2) is 0 Å². The zero-order valence-electron chi connectivity index (χ0n) is 12.5. The van der Waals surface area contributed by atoms with Crippen molar-refractivity contribution in [3.8, 4) is 0 Å². The largest absolute Gasteiger partial charge is 0.316 e. The first-order valence-corrected chi connectivity index (χ1v) is 8.67. The van der Waals surface area contributed by atoms with Gasteiger partial charge in [0, 0.05) is 19.1 Å². The number of hydrogen-bond acceptors (Lipinski definition) is 3. The van der Waals surface area contributed by atoms with Gasteiger partial charge in [0.05, 0.1) is 4.90 Å². The van der Waals surface area contributed by atoms with Crippen LogP contribution in [0, 0.1) is 0 Å². The molecule has 0 aromatic heterocycles. The van der Waals surface area contributed by atoms with Crippen molar-refractivity contribution in [2.75, 3.05) is 20.1 Å². The van der Waals surface area contributed by atoms with Crippen molar-refractivity contribution in [2.24, 2.45) is 0 Å². The van der Waals surface area contributed by atoms with Crippen LogP contribution in [0.25, 0.3) is 0 Å². The monoisotopic (exact) mass is 296 g/mol. The van der Waals surface area contributed by atoms with Gasteiger partial charge in [0.2, 0.25) is 10.0 Å². The molecule has 1 aromatic rings. The third-order valence-electron chi connectivity index (χ3n) is 3.95. The molecule has 20 heavy (non-hydrogen) atoms. The van der Waals surface area contributed by atoms with E-state index in [1.807, 2.05) is 33.0 Å².